The summed E-state index contributed by atoms with van der Waals surface area (Å²) in [6.45, 7) is 0. The molecule has 0 bridgehead atoms. The molecule has 0 unspecified atom stereocenters. The average Bonchev–Trinajstić information content (AvgIpc) is 2.94. The highest BCUT2D eigenvalue weighted by atomic mass is 79.9. The third-order valence-corrected chi connectivity index (χ3v) is 5.99. The van der Waals surface area contributed by atoms with Crippen molar-refractivity contribution < 1.29 is 9.59 Å². The Bertz CT molecular complexity index is 968. The molecule has 1 aliphatic rings. The van der Waals surface area contributed by atoms with Crippen molar-refractivity contribution in [3.05, 3.63) is 74.2 Å². The number of nitriles is 1. The number of benzene rings is 2. The fraction of sp³-hybridized carbons (Fsp3) is 0.105. The topological polar surface area (TPSA) is 87.2 Å². The number of thioether (sulfide) groups is 1. The van der Waals surface area contributed by atoms with Gasteiger partial charge in [-0.2, -0.15) is 5.26 Å². The highest BCUT2D eigenvalue weighted by Crippen LogP contribution is 2.42. The van der Waals surface area contributed by atoms with Gasteiger partial charge in [0, 0.05) is 15.2 Å². The van der Waals surface area contributed by atoms with E-state index < -0.39 is 11.2 Å². The largest absolute Gasteiger partial charge is 0.365 e. The Morgan fingerprint density at radius 3 is 2.41 bits per heavy atom. The van der Waals surface area contributed by atoms with E-state index in [1.54, 1.807) is 24.3 Å². The van der Waals surface area contributed by atoms with Gasteiger partial charge in [-0.05, 0) is 48.4 Å². The van der Waals surface area contributed by atoms with Crippen molar-refractivity contribution in [2.75, 3.05) is 4.90 Å². The predicted molar refractivity (Wildman–Crippen MR) is 110 cm³/mol. The monoisotopic (exact) mass is 461 g/mol. The second kappa shape index (κ2) is 8.17. The maximum atomic E-state index is 13.1. The molecule has 1 atom stereocenters. The summed E-state index contributed by atoms with van der Waals surface area (Å²) in [7, 11) is 0. The number of hydrogen-bond acceptors (Lipinski definition) is 4. The molecule has 1 saturated heterocycles. The van der Waals surface area contributed by atoms with Gasteiger partial charge < -0.3 is 5.73 Å². The molecular weight excluding hydrogens is 450 g/mol. The summed E-state index contributed by atoms with van der Waals surface area (Å²) in [5, 5.41) is 9.67. The van der Waals surface area contributed by atoms with Crippen LogP contribution in [0.1, 0.15) is 5.56 Å². The number of primary amides is 1. The van der Waals surface area contributed by atoms with Crippen LogP contribution in [0.5, 0.6) is 0 Å². The number of rotatable bonds is 4. The Kier molecular flexibility index (Phi) is 5.90. The first kappa shape index (κ1) is 19.5. The summed E-state index contributed by atoms with van der Waals surface area (Å²) in [5.41, 5.74) is 6.62. The van der Waals surface area contributed by atoms with E-state index in [-0.39, 0.29) is 16.5 Å². The molecular formula is C19H13BrClN3O2S. The third-order valence-electron chi connectivity index (χ3n) is 3.94. The van der Waals surface area contributed by atoms with E-state index >= 15 is 0 Å². The highest BCUT2D eigenvalue weighted by molar-refractivity contribution is 9.10. The van der Waals surface area contributed by atoms with Gasteiger partial charge in [0.15, 0.2) is 0 Å². The lowest BCUT2D eigenvalue weighted by Gasteiger charge is -2.18. The molecule has 1 aliphatic heterocycles. The molecule has 2 amide bonds. The van der Waals surface area contributed by atoms with Crippen molar-refractivity contribution in [3.63, 3.8) is 0 Å². The number of hydrogen-bond donors (Lipinski definition) is 1. The van der Waals surface area contributed by atoms with Crippen LogP contribution in [0, 0.1) is 11.3 Å². The zero-order valence-electron chi connectivity index (χ0n) is 13.9. The van der Waals surface area contributed by atoms with E-state index in [0.717, 1.165) is 10.0 Å². The number of carbonyl (C=O) groups excluding carboxylic acids is 2. The van der Waals surface area contributed by atoms with Crippen LogP contribution in [0.4, 0.5) is 5.69 Å². The van der Waals surface area contributed by atoms with Crippen LogP contribution in [0.25, 0.3) is 0 Å². The summed E-state index contributed by atoms with van der Waals surface area (Å²) in [6, 6.07) is 16.1. The van der Waals surface area contributed by atoms with Crippen molar-refractivity contribution in [1.82, 2.24) is 0 Å². The SMILES string of the molecule is N#C/C(C(N)=O)=C1/S[C@H](Cc2ccc(Br)cc2)C(=O)N1c1ccc(Cl)cc1. The number of anilines is 1. The van der Waals surface area contributed by atoms with Gasteiger partial charge in [-0.1, -0.05) is 51.4 Å². The van der Waals surface area contributed by atoms with E-state index in [2.05, 4.69) is 15.9 Å². The maximum Gasteiger partial charge on any atom is 0.262 e. The van der Waals surface area contributed by atoms with E-state index in [1.807, 2.05) is 30.3 Å². The van der Waals surface area contributed by atoms with Gasteiger partial charge in [0.1, 0.15) is 16.7 Å². The minimum atomic E-state index is -0.865. The summed E-state index contributed by atoms with van der Waals surface area (Å²) >= 11 is 10.5. The predicted octanol–water partition coefficient (Wildman–Crippen LogP) is 4.01. The first-order valence-corrected chi connectivity index (χ1v) is 9.90. The van der Waals surface area contributed by atoms with Crippen LogP contribution in [0.2, 0.25) is 5.02 Å². The molecule has 3 rings (SSSR count). The van der Waals surface area contributed by atoms with Crippen LogP contribution in [0.3, 0.4) is 0 Å². The fourth-order valence-electron chi connectivity index (χ4n) is 2.66. The number of amides is 2. The number of nitrogens with two attached hydrogens (primary N) is 1. The van der Waals surface area contributed by atoms with Gasteiger partial charge >= 0.3 is 0 Å². The molecule has 8 heteroatoms. The fourth-order valence-corrected chi connectivity index (χ4v) is 4.37. The minimum absolute atomic E-state index is 0.214. The van der Waals surface area contributed by atoms with Gasteiger partial charge in [-0.25, -0.2) is 0 Å². The first-order chi connectivity index (χ1) is 12.9. The molecule has 0 saturated carbocycles. The molecule has 0 radical (unpaired) electrons. The zero-order chi connectivity index (χ0) is 19.6. The van der Waals surface area contributed by atoms with E-state index in [0.29, 0.717) is 17.1 Å². The van der Waals surface area contributed by atoms with Crippen molar-refractivity contribution in [2.24, 2.45) is 5.73 Å². The minimum Gasteiger partial charge on any atom is -0.365 e. The molecule has 136 valence electrons. The van der Waals surface area contributed by atoms with Crippen LogP contribution >= 0.6 is 39.3 Å². The van der Waals surface area contributed by atoms with Crippen molar-refractivity contribution >= 4 is 56.8 Å². The van der Waals surface area contributed by atoms with Crippen molar-refractivity contribution in [2.45, 2.75) is 11.7 Å². The normalized spacial score (nSPS) is 18.3. The Hall–Kier alpha value is -2.27. The molecule has 2 N–H and O–H groups in total. The van der Waals surface area contributed by atoms with E-state index in [1.165, 1.54) is 16.7 Å². The number of carbonyl (C=O) groups is 2. The molecule has 5 nitrogen and oxygen atoms in total. The molecule has 0 aliphatic carbocycles. The van der Waals surface area contributed by atoms with Crippen LogP contribution in [-0.4, -0.2) is 17.1 Å². The Morgan fingerprint density at radius 2 is 1.85 bits per heavy atom. The lowest BCUT2D eigenvalue weighted by molar-refractivity contribution is -0.117. The summed E-state index contributed by atoms with van der Waals surface area (Å²) in [4.78, 5) is 26.2. The van der Waals surface area contributed by atoms with Gasteiger partial charge in [0.2, 0.25) is 5.91 Å². The molecule has 1 heterocycles. The zero-order valence-corrected chi connectivity index (χ0v) is 17.0. The average molecular weight is 463 g/mol. The second-order valence-corrected chi connectivity index (χ2v) is 8.29. The van der Waals surface area contributed by atoms with Crippen LogP contribution < -0.4 is 10.6 Å². The number of nitrogens with zero attached hydrogens (tertiary/aromatic N) is 2. The lowest BCUT2D eigenvalue weighted by atomic mass is 10.1. The standard InChI is InChI=1S/C19H13BrClN3O2S/c20-12-3-1-11(2-4-12)9-16-18(26)24(14-7-5-13(21)6-8-14)19(27-16)15(10-22)17(23)25/h1-8,16H,9H2,(H2,23,25)/b19-15-/t16-/m1/s1. The molecule has 2 aromatic carbocycles. The van der Waals surface area contributed by atoms with Gasteiger partial charge in [0.25, 0.3) is 5.91 Å². The molecule has 0 spiro atoms. The van der Waals surface area contributed by atoms with E-state index in [4.69, 9.17) is 17.3 Å². The van der Waals surface area contributed by atoms with Gasteiger partial charge in [-0.15, -0.1) is 0 Å². The second-order valence-electron chi connectivity index (χ2n) is 5.74. The first-order valence-electron chi connectivity index (χ1n) is 7.85. The Morgan fingerprint density at radius 1 is 1.22 bits per heavy atom. The van der Waals surface area contributed by atoms with Crippen molar-refractivity contribution in [3.8, 4) is 6.07 Å². The number of halogens is 2. The summed E-state index contributed by atoms with van der Waals surface area (Å²) in [6.07, 6.45) is 0.460. The third kappa shape index (κ3) is 4.19. The maximum absolute atomic E-state index is 13.1. The van der Waals surface area contributed by atoms with Crippen molar-refractivity contribution in [1.29, 1.82) is 5.26 Å². The molecule has 27 heavy (non-hydrogen) atoms. The Labute approximate surface area is 173 Å². The summed E-state index contributed by atoms with van der Waals surface area (Å²) < 4.78 is 0.945. The molecule has 1 fully saturated rings. The van der Waals surface area contributed by atoms with Gasteiger partial charge in [0.05, 0.1) is 5.25 Å². The van der Waals surface area contributed by atoms with Crippen LogP contribution in [0.15, 0.2) is 63.6 Å². The lowest BCUT2D eigenvalue weighted by Crippen LogP contribution is -2.31. The van der Waals surface area contributed by atoms with E-state index in [9.17, 15) is 14.9 Å². The smallest absolute Gasteiger partial charge is 0.262 e. The summed E-state index contributed by atoms with van der Waals surface area (Å²) in [5.74, 6) is -1.08. The van der Waals surface area contributed by atoms with Gasteiger partial charge in [-0.3, -0.25) is 14.5 Å². The highest BCUT2D eigenvalue weighted by Gasteiger charge is 2.40. The molecule has 0 aromatic heterocycles. The quantitative estimate of drug-likeness (QED) is 0.549. The molecule has 2 aromatic rings. The van der Waals surface area contributed by atoms with Crippen LogP contribution in [-0.2, 0) is 16.0 Å². The Balaban J connectivity index is 2.01.